The van der Waals surface area contributed by atoms with E-state index in [0.717, 1.165) is 50.7 Å². The average molecular weight is 267 g/mol. The smallest absolute Gasteiger partial charge is 0.231 e. The predicted molar refractivity (Wildman–Crippen MR) is 73.3 cm³/mol. The zero-order chi connectivity index (χ0) is 13.7. The SMILES string of the molecule is CCCNC(CC)C(C)c1nc(C2CCOC2)no1. The van der Waals surface area contributed by atoms with Gasteiger partial charge in [-0.25, -0.2) is 0 Å². The molecular formula is C14H25N3O2. The van der Waals surface area contributed by atoms with Crippen LogP contribution in [0.4, 0.5) is 0 Å². The Morgan fingerprint density at radius 3 is 2.89 bits per heavy atom. The normalized spacial score (nSPS) is 22.6. The topological polar surface area (TPSA) is 60.2 Å². The number of nitrogens with one attached hydrogen (secondary N) is 1. The fraction of sp³-hybridized carbons (Fsp3) is 0.857. The highest BCUT2D eigenvalue weighted by Gasteiger charge is 2.27. The third kappa shape index (κ3) is 3.54. The summed E-state index contributed by atoms with van der Waals surface area (Å²) in [5, 5.41) is 7.67. The number of hydrogen-bond acceptors (Lipinski definition) is 5. The van der Waals surface area contributed by atoms with E-state index < -0.39 is 0 Å². The van der Waals surface area contributed by atoms with E-state index in [0.29, 0.717) is 12.0 Å². The average Bonchev–Trinajstić information content (AvgIpc) is 3.10. The maximum atomic E-state index is 5.44. The minimum Gasteiger partial charge on any atom is -0.381 e. The van der Waals surface area contributed by atoms with E-state index in [-0.39, 0.29) is 5.92 Å². The summed E-state index contributed by atoms with van der Waals surface area (Å²) in [5.41, 5.74) is 0. The zero-order valence-electron chi connectivity index (χ0n) is 12.2. The highest BCUT2D eigenvalue weighted by atomic mass is 16.5. The summed E-state index contributed by atoms with van der Waals surface area (Å²) in [6.45, 7) is 9.07. The summed E-state index contributed by atoms with van der Waals surface area (Å²) in [4.78, 5) is 4.57. The highest BCUT2D eigenvalue weighted by Crippen LogP contribution is 2.25. The summed E-state index contributed by atoms with van der Waals surface area (Å²) < 4.78 is 10.8. The molecular weight excluding hydrogens is 242 g/mol. The Morgan fingerprint density at radius 2 is 2.26 bits per heavy atom. The van der Waals surface area contributed by atoms with Crippen LogP contribution in [0.3, 0.4) is 0 Å². The van der Waals surface area contributed by atoms with E-state index >= 15 is 0 Å². The lowest BCUT2D eigenvalue weighted by Crippen LogP contribution is -2.33. The molecule has 19 heavy (non-hydrogen) atoms. The lowest BCUT2D eigenvalue weighted by Gasteiger charge is -2.20. The summed E-state index contributed by atoms with van der Waals surface area (Å²) in [5.74, 6) is 2.12. The number of hydrogen-bond donors (Lipinski definition) is 1. The van der Waals surface area contributed by atoms with Crippen molar-refractivity contribution in [1.82, 2.24) is 15.5 Å². The van der Waals surface area contributed by atoms with Crippen molar-refractivity contribution in [3.63, 3.8) is 0 Å². The molecule has 108 valence electrons. The molecule has 0 aromatic carbocycles. The summed E-state index contributed by atoms with van der Waals surface area (Å²) in [7, 11) is 0. The van der Waals surface area contributed by atoms with E-state index in [4.69, 9.17) is 9.26 Å². The molecule has 1 aliphatic heterocycles. The second-order valence-electron chi connectivity index (χ2n) is 5.31. The van der Waals surface area contributed by atoms with Crippen molar-refractivity contribution in [3.05, 3.63) is 11.7 Å². The van der Waals surface area contributed by atoms with Crippen molar-refractivity contribution < 1.29 is 9.26 Å². The van der Waals surface area contributed by atoms with Gasteiger partial charge in [-0.1, -0.05) is 25.9 Å². The van der Waals surface area contributed by atoms with Gasteiger partial charge in [0.1, 0.15) is 0 Å². The van der Waals surface area contributed by atoms with Crippen molar-refractivity contribution in [2.75, 3.05) is 19.8 Å². The zero-order valence-corrected chi connectivity index (χ0v) is 12.2. The van der Waals surface area contributed by atoms with E-state index in [1.165, 1.54) is 0 Å². The van der Waals surface area contributed by atoms with E-state index in [9.17, 15) is 0 Å². The standard InChI is InChI=1S/C14H25N3O2/c1-4-7-15-12(5-2)10(3)14-16-13(17-19-14)11-6-8-18-9-11/h10-12,15H,4-9H2,1-3H3. The number of aromatic nitrogens is 2. The van der Waals surface area contributed by atoms with Gasteiger partial charge in [-0.15, -0.1) is 0 Å². The molecule has 1 fully saturated rings. The molecule has 1 N–H and O–H groups in total. The third-order valence-electron chi connectivity index (χ3n) is 3.84. The quantitative estimate of drug-likeness (QED) is 0.822. The van der Waals surface area contributed by atoms with Gasteiger partial charge < -0.3 is 14.6 Å². The first-order valence-corrected chi connectivity index (χ1v) is 7.40. The number of rotatable bonds is 7. The largest absolute Gasteiger partial charge is 0.381 e. The minimum atomic E-state index is 0.250. The lowest BCUT2D eigenvalue weighted by atomic mass is 9.99. The van der Waals surface area contributed by atoms with Crippen LogP contribution in [0.5, 0.6) is 0 Å². The Bertz CT molecular complexity index is 375. The second-order valence-corrected chi connectivity index (χ2v) is 5.31. The highest BCUT2D eigenvalue weighted by molar-refractivity contribution is 5.02. The van der Waals surface area contributed by atoms with Crippen molar-refractivity contribution in [2.24, 2.45) is 0 Å². The molecule has 1 aromatic heterocycles. The molecule has 1 saturated heterocycles. The van der Waals surface area contributed by atoms with Crippen molar-refractivity contribution in [2.45, 2.75) is 57.9 Å². The van der Waals surface area contributed by atoms with Crippen LogP contribution in [0, 0.1) is 0 Å². The van der Waals surface area contributed by atoms with Crippen LogP contribution >= 0.6 is 0 Å². The maximum Gasteiger partial charge on any atom is 0.231 e. The lowest BCUT2D eigenvalue weighted by molar-refractivity contribution is 0.192. The van der Waals surface area contributed by atoms with Crippen molar-refractivity contribution >= 4 is 0 Å². The minimum absolute atomic E-state index is 0.250. The summed E-state index contributed by atoms with van der Waals surface area (Å²) in [6, 6.07) is 0.396. The van der Waals surface area contributed by atoms with Gasteiger partial charge in [-0.3, -0.25) is 0 Å². The maximum absolute atomic E-state index is 5.44. The van der Waals surface area contributed by atoms with Gasteiger partial charge >= 0.3 is 0 Å². The van der Waals surface area contributed by atoms with Crippen LogP contribution in [0.2, 0.25) is 0 Å². The number of nitrogens with zero attached hydrogens (tertiary/aromatic N) is 2. The fourth-order valence-corrected chi connectivity index (χ4v) is 2.51. The molecule has 0 bridgehead atoms. The molecule has 2 heterocycles. The first-order valence-electron chi connectivity index (χ1n) is 7.40. The first kappa shape index (κ1) is 14.5. The number of ether oxygens (including phenoxy) is 1. The van der Waals surface area contributed by atoms with Crippen LogP contribution in [0.1, 0.15) is 63.6 Å². The molecule has 0 saturated carbocycles. The third-order valence-corrected chi connectivity index (χ3v) is 3.84. The summed E-state index contributed by atoms with van der Waals surface area (Å²) >= 11 is 0. The van der Waals surface area contributed by atoms with Crippen molar-refractivity contribution in [3.8, 4) is 0 Å². The Kier molecular flexibility index (Phi) is 5.34. The Hall–Kier alpha value is -0.940. The molecule has 0 aliphatic carbocycles. The van der Waals surface area contributed by atoms with E-state index in [1.807, 2.05) is 0 Å². The van der Waals surface area contributed by atoms with Gasteiger partial charge in [0.15, 0.2) is 5.82 Å². The molecule has 0 amide bonds. The van der Waals surface area contributed by atoms with E-state index in [1.54, 1.807) is 0 Å². The predicted octanol–water partition coefficient (Wildman–Crippen LogP) is 2.46. The molecule has 5 nitrogen and oxygen atoms in total. The Balaban J connectivity index is 1.99. The molecule has 2 rings (SSSR count). The van der Waals surface area contributed by atoms with Crippen LogP contribution in [-0.2, 0) is 4.74 Å². The van der Waals surface area contributed by atoms with Gasteiger partial charge in [0.2, 0.25) is 5.89 Å². The molecule has 1 aliphatic rings. The molecule has 3 atom stereocenters. The Labute approximate surface area is 115 Å². The van der Waals surface area contributed by atoms with Crippen LogP contribution < -0.4 is 5.32 Å². The van der Waals surface area contributed by atoms with Crippen LogP contribution in [0.15, 0.2) is 4.52 Å². The van der Waals surface area contributed by atoms with Gasteiger partial charge in [-0.2, -0.15) is 4.98 Å². The van der Waals surface area contributed by atoms with Gasteiger partial charge in [0.05, 0.1) is 12.5 Å². The summed E-state index contributed by atoms with van der Waals surface area (Å²) in [6.07, 6.45) is 3.20. The van der Waals surface area contributed by atoms with Gasteiger partial charge in [0, 0.05) is 18.6 Å². The molecule has 5 heteroatoms. The van der Waals surface area contributed by atoms with Crippen LogP contribution in [0.25, 0.3) is 0 Å². The second kappa shape index (κ2) is 7.01. The van der Waals surface area contributed by atoms with Crippen LogP contribution in [-0.4, -0.2) is 35.9 Å². The Morgan fingerprint density at radius 1 is 1.42 bits per heavy atom. The fourth-order valence-electron chi connectivity index (χ4n) is 2.51. The van der Waals surface area contributed by atoms with Gasteiger partial charge in [0.25, 0.3) is 0 Å². The van der Waals surface area contributed by atoms with E-state index in [2.05, 4.69) is 36.2 Å². The molecule has 1 aromatic rings. The molecule has 0 radical (unpaired) electrons. The monoisotopic (exact) mass is 267 g/mol. The van der Waals surface area contributed by atoms with Crippen molar-refractivity contribution in [1.29, 1.82) is 0 Å². The molecule has 0 spiro atoms. The molecule has 3 unspecified atom stereocenters. The van der Waals surface area contributed by atoms with Gasteiger partial charge in [-0.05, 0) is 25.8 Å². The first-order chi connectivity index (χ1) is 9.26.